The van der Waals surface area contributed by atoms with E-state index in [-0.39, 0.29) is 35.5 Å². The summed E-state index contributed by atoms with van der Waals surface area (Å²) in [6, 6.07) is 11.0. The van der Waals surface area contributed by atoms with Crippen LogP contribution in [0.4, 0.5) is 5.69 Å². The van der Waals surface area contributed by atoms with Gasteiger partial charge in [0.05, 0.1) is 35.8 Å². The van der Waals surface area contributed by atoms with E-state index >= 15 is 0 Å². The lowest BCUT2D eigenvalue weighted by Gasteiger charge is -2.36. The molecule has 2 aromatic rings. The van der Waals surface area contributed by atoms with E-state index < -0.39 is 20.0 Å². The maximum atomic E-state index is 13.1. The van der Waals surface area contributed by atoms with Crippen molar-refractivity contribution in [3.63, 3.8) is 0 Å². The molecule has 0 spiro atoms. The van der Waals surface area contributed by atoms with E-state index in [0.717, 1.165) is 12.8 Å². The molecule has 35 heavy (non-hydrogen) atoms. The summed E-state index contributed by atoms with van der Waals surface area (Å²) in [4.78, 5) is 2.27. The standard InChI is InChI=1S/C23H31N3O7S2/c1-31-18-5-7-20(8-6-18)35(29,30)26-13-11-25(12-14-26)22-16-21(9-10-23(22)32-2)34(27,28)24-17-19-4-3-15-33-19/h5-10,16,19,24H,3-4,11-15,17H2,1-2H3/t19-/m0/s1. The van der Waals surface area contributed by atoms with Crippen LogP contribution in [0.1, 0.15) is 12.8 Å². The number of nitrogens with one attached hydrogen (secondary N) is 1. The van der Waals surface area contributed by atoms with Crippen LogP contribution in [0.2, 0.25) is 0 Å². The van der Waals surface area contributed by atoms with Gasteiger partial charge in [-0.05, 0) is 55.3 Å². The van der Waals surface area contributed by atoms with Gasteiger partial charge in [0.2, 0.25) is 20.0 Å². The molecule has 1 N–H and O–H groups in total. The van der Waals surface area contributed by atoms with Crippen LogP contribution in [0, 0.1) is 0 Å². The number of anilines is 1. The molecule has 0 bridgehead atoms. The number of hydrogen-bond donors (Lipinski definition) is 1. The average Bonchev–Trinajstić information content (AvgIpc) is 3.41. The Bertz CT molecular complexity index is 1220. The maximum Gasteiger partial charge on any atom is 0.243 e. The first-order valence-corrected chi connectivity index (χ1v) is 14.4. The second-order valence-electron chi connectivity index (χ2n) is 8.39. The Morgan fingerprint density at radius 1 is 0.943 bits per heavy atom. The van der Waals surface area contributed by atoms with Crippen molar-refractivity contribution in [2.45, 2.75) is 28.7 Å². The summed E-state index contributed by atoms with van der Waals surface area (Å²) < 4.78 is 72.0. The molecule has 0 saturated carbocycles. The Balaban J connectivity index is 1.47. The molecule has 192 valence electrons. The first-order valence-electron chi connectivity index (χ1n) is 11.4. The first-order chi connectivity index (χ1) is 16.7. The van der Waals surface area contributed by atoms with Crippen LogP contribution in [0.3, 0.4) is 0 Å². The lowest BCUT2D eigenvalue weighted by atomic mass is 10.2. The van der Waals surface area contributed by atoms with E-state index in [4.69, 9.17) is 14.2 Å². The van der Waals surface area contributed by atoms with Crippen LogP contribution in [-0.4, -0.2) is 80.8 Å². The average molecular weight is 526 g/mol. The highest BCUT2D eigenvalue weighted by Crippen LogP contribution is 2.32. The van der Waals surface area contributed by atoms with Crippen LogP contribution in [0.15, 0.2) is 52.3 Å². The van der Waals surface area contributed by atoms with Crippen LogP contribution >= 0.6 is 0 Å². The van der Waals surface area contributed by atoms with Crippen LogP contribution < -0.4 is 19.1 Å². The van der Waals surface area contributed by atoms with Crippen molar-refractivity contribution in [2.75, 3.05) is 58.5 Å². The molecule has 1 atom stereocenters. The van der Waals surface area contributed by atoms with E-state index in [1.54, 1.807) is 24.3 Å². The summed E-state index contributed by atoms with van der Waals surface area (Å²) in [5.41, 5.74) is 0.606. The SMILES string of the molecule is COc1ccc(S(=O)(=O)N2CCN(c3cc(S(=O)(=O)NC[C@@H]4CCCO4)ccc3OC)CC2)cc1. The van der Waals surface area contributed by atoms with Gasteiger partial charge in [-0.25, -0.2) is 21.6 Å². The molecule has 2 fully saturated rings. The molecule has 2 aliphatic rings. The highest BCUT2D eigenvalue weighted by atomic mass is 32.2. The van der Waals surface area contributed by atoms with E-state index in [2.05, 4.69) is 4.72 Å². The number of nitrogens with zero attached hydrogens (tertiary/aromatic N) is 2. The van der Waals surface area contributed by atoms with Crippen molar-refractivity contribution in [1.29, 1.82) is 0 Å². The number of piperazine rings is 1. The Labute approximate surface area is 206 Å². The van der Waals surface area contributed by atoms with Gasteiger partial charge in [-0.3, -0.25) is 0 Å². The summed E-state index contributed by atoms with van der Waals surface area (Å²) in [5, 5.41) is 0. The number of rotatable bonds is 9. The van der Waals surface area contributed by atoms with Gasteiger partial charge in [0, 0.05) is 39.3 Å². The molecule has 4 rings (SSSR count). The minimum atomic E-state index is -3.74. The Kier molecular flexibility index (Phi) is 7.86. The molecule has 12 heteroatoms. The summed E-state index contributed by atoms with van der Waals surface area (Å²) in [6.07, 6.45) is 1.66. The van der Waals surface area contributed by atoms with E-state index in [9.17, 15) is 16.8 Å². The molecule has 0 aliphatic carbocycles. The minimum Gasteiger partial charge on any atom is -0.497 e. The zero-order valence-corrected chi connectivity index (χ0v) is 21.5. The van der Waals surface area contributed by atoms with Gasteiger partial charge in [0.15, 0.2) is 0 Å². The summed E-state index contributed by atoms with van der Waals surface area (Å²) >= 11 is 0. The van der Waals surface area contributed by atoms with Gasteiger partial charge in [-0.2, -0.15) is 4.31 Å². The smallest absolute Gasteiger partial charge is 0.243 e. The molecular weight excluding hydrogens is 494 g/mol. The highest BCUT2D eigenvalue weighted by Gasteiger charge is 2.30. The molecular formula is C23H31N3O7S2. The molecule has 0 amide bonds. The molecule has 2 aliphatic heterocycles. The lowest BCUT2D eigenvalue weighted by molar-refractivity contribution is 0.114. The van der Waals surface area contributed by atoms with Gasteiger partial charge in [0.1, 0.15) is 11.5 Å². The largest absolute Gasteiger partial charge is 0.497 e. The van der Waals surface area contributed by atoms with Crippen molar-refractivity contribution in [1.82, 2.24) is 9.03 Å². The fourth-order valence-electron chi connectivity index (χ4n) is 4.24. The fraction of sp³-hybridized carbons (Fsp3) is 0.478. The monoisotopic (exact) mass is 525 g/mol. The van der Waals surface area contributed by atoms with Gasteiger partial charge in [-0.15, -0.1) is 0 Å². The summed E-state index contributed by atoms with van der Waals surface area (Å²) in [6.45, 7) is 2.17. The summed E-state index contributed by atoms with van der Waals surface area (Å²) in [7, 11) is -4.35. The molecule has 0 aromatic heterocycles. The zero-order valence-electron chi connectivity index (χ0n) is 19.8. The topological polar surface area (TPSA) is 114 Å². The predicted octanol–water partition coefficient (Wildman–Crippen LogP) is 1.67. The first kappa shape index (κ1) is 25.7. The molecule has 0 unspecified atom stereocenters. The number of hydrogen-bond acceptors (Lipinski definition) is 8. The lowest BCUT2D eigenvalue weighted by Crippen LogP contribution is -2.48. The molecule has 10 nitrogen and oxygen atoms in total. The Morgan fingerprint density at radius 3 is 2.23 bits per heavy atom. The Morgan fingerprint density at radius 2 is 1.63 bits per heavy atom. The van der Waals surface area contributed by atoms with Crippen LogP contribution in [0.5, 0.6) is 11.5 Å². The van der Waals surface area contributed by atoms with Crippen molar-refractivity contribution >= 4 is 25.7 Å². The van der Waals surface area contributed by atoms with E-state index in [0.29, 0.717) is 36.9 Å². The molecule has 2 heterocycles. The quantitative estimate of drug-likeness (QED) is 0.526. The molecule has 0 radical (unpaired) electrons. The van der Waals surface area contributed by atoms with Crippen molar-refractivity contribution in [3.8, 4) is 11.5 Å². The van der Waals surface area contributed by atoms with Crippen molar-refractivity contribution < 1.29 is 31.0 Å². The van der Waals surface area contributed by atoms with E-state index in [1.807, 2.05) is 4.90 Å². The minimum absolute atomic E-state index is 0.108. The van der Waals surface area contributed by atoms with E-state index in [1.165, 1.54) is 36.7 Å². The van der Waals surface area contributed by atoms with Gasteiger partial charge in [0.25, 0.3) is 0 Å². The van der Waals surface area contributed by atoms with Crippen LogP contribution in [0.25, 0.3) is 0 Å². The third-order valence-electron chi connectivity index (χ3n) is 6.26. The highest BCUT2D eigenvalue weighted by molar-refractivity contribution is 7.89. The number of benzene rings is 2. The maximum absolute atomic E-state index is 13.1. The second-order valence-corrected chi connectivity index (χ2v) is 12.1. The molecule has 2 saturated heterocycles. The Hall–Kier alpha value is -2.38. The molecule has 2 aromatic carbocycles. The van der Waals surface area contributed by atoms with Crippen molar-refractivity contribution in [2.24, 2.45) is 0 Å². The van der Waals surface area contributed by atoms with Gasteiger partial charge < -0.3 is 19.1 Å². The van der Waals surface area contributed by atoms with Gasteiger partial charge >= 0.3 is 0 Å². The normalized spacial score (nSPS) is 19.6. The number of ether oxygens (including phenoxy) is 3. The number of methoxy groups -OCH3 is 2. The second kappa shape index (κ2) is 10.7. The van der Waals surface area contributed by atoms with Gasteiger partial charge in [-0.1, -0.05) is 0 Å². The van der Waals surface area contributed by atoms with Crippen molar-refractivity contribution in [3.05, 3.63) is 42.5 Å². The summed E-state index contributed by atoms with van der Waals surface area (Å²) in [5.74, 6) is 1.11. The fourth-order valence-corrected chi connectivity index (χ4v) is 6.75. The zero-order chi connectivity index (χ0) is 25.1. The third kappa shape index (κ3) is 5.72. The van der Waals surface area contributed by atoms with Crippen LogP contribution in [-0.2, 0) is 24.8 Å². The predicted molar refractivity (Wildman–Crippen MR) is 131 cm³/mol. The number of sulfonamides is 2. The third-order valence-corrected chi connectivity index (χ3v) is 9.60.